The van der Waals surface area contributed by atoms with E-state index < -0.39 is 5.97 Å². The molecule has 170 valence electrons. The molecule has 0 bridgehead atoms. The van der Waals surface area contributed by atoms with Crippen LogP contribution in [0.1, 0.15) is 28.8 Å². The molecular weight excluding hydrogens is 418 g/mol. The van der Waals surface area contributed by atoms with Crippen molar-refractivity contribution in [2.75, 3.05) is 27.4 Å². The molecule has 6 nitrogen and oxygen atoms in total. The summed E-state index contributed by atoms with van der Waals surface area (Å²) in [5.74, 6) is 0.158. The van der Waals surface area contributed by atoms with E-state index in [1.165, 1.54) is 7.11 Å². The summed E-state index contributed by atoms with van der Waals surface area (Å²) in [5.41, 5.74) is 1.73. The van der Waals surface area contributed by atoms with E-state index in [4.69, 9.17) is 14.2 Å². The Kier molecular flexibility index (Phi) is 7.05. The third-order valence-corrected chi connectivity index (χ3v) is 5.74. The Morgan fingerprint density at radius 3 is 2.55 bits per heavy atom. The SMILES string of the molecule is COC(=O)c1ccc(C=C(COc2cccc3ccccc23)C(=O)N(C)C2CCCO2)cc1. The van der Waals surface area contributed by atoms with E-state index in [2.05, 4.69) is 0 Å². The van der Waals surface area contributed by atoms with Crippen LogP contribution in [-0.4, -0.2) is 50.4 Å². The van der Waals surface area contributed by atoms with Crippen molar-refractivity contribution in [1.29, 1.82) is 0 Å². The third kappa shape index (κ3) is 5.23. The molecule has 33 heavy (non-hydrogen) atoms. The van der Waals surface area contributed by atoms with Crippen molar-refractivity contribution in [2.24, 2.45) is 0 Å². The number of carbonyl (C=O) groups is 2. The summed E-state index contributed by atoms with van der Waals surface area (Å²) in [6.45, 7) is 0.755. The summed E-state index contributed by atoms with van der Waals surface area (Å²) in [5, 5.41) is 2.06. The first kappa shape index (κ1) is 22.6. The van der Waals surface area contributed by atoms with Gasteiger partial charge in [0.15, 0.2) is 0 Å². The van der Waals surface area contributed by atoms with Crippen LogP contribution in [0.15, 0.2) is 72.3 Å². The molecule has 6 heteroatoms. The first-order valence-electron chi connectivity index (χ1n) is 10.9. The lowest BCUT2D eigenvalue weighted by atomic mass is 10.1. The Hall–Kier alpha value is -3.64. The maximum absolute atomic E-state index is 13.4. The fraction of sp³-hybridized carbons (Fsp3) is 0.259. The average molecular weight is 446 g/mol. The van der Waals surface area contributed by atoms with Crippen LogP contribution in [0.4, 0.5) is 0 Å². The Morgan fingerprint density at radius 1 is 1.06 bits per heavy atom. The number of hydrogen-bond donors (Lipinski definition) is 0. The summed E-state index contributed by atoms with van der Waals surface area (Å²) in [7, 11) is 3.10. The van der Waals surface area contributed by atoms with Gasteiger partial charge in [0.25, 0.3) is 5.91 Å². The van der Waals surface area contributed by atoms with Crippen molar-refractivity contribution in [2.45, 2.75) is 19.1 Å². The molecule has 0 aromatic heterocycles. The van der Waals surface area contributed by atoms with Crippen LogP contribution in [0.3, 0.4) is 0 Å². The van der Waals surface area contributed by atoms with E-state index in [0.717, 1.165) is 29.2 Å². The van der Waals surface area contributed by atoms with Crippen molar-refractivity contribution in [3.8, 4) is 5.75 Å². The second kappa shape index (κ2) is 10.3. The minimum Gasteiger partial charge on any atom is -0.488 e. The highest BCUT2D eigenvalue weighted by Crippen LogP contribution is 2.26. The van der Waals surface area contributed by atoms with Gasteiger partial charge in [0.05, 0.1) is 18.2 Å². The maximum Gasteiger partial charge on any atom is 0.337 e. The molecule has 3 aromatic carbocycles. The third-order valence-electron chi connectivity index (χ3n) is 5.74. The smallest absolute Gasteiger partial charge is 0.337 e. The molecule has 3 aromatic rings. The molecule has 0 radical (unpaired) electrons. The highest BCUT2D eigenvalue weighted by molar-refractivity contribution is 5.98. The summed E-state index contributed by atoms with van der Waals surface area (Å²) < 4.78 is 16.6. The van der Waals surface area contributed by atoms with Crippen LogP contribution in [-0.2, 0) is 14.3 Å². The zero-order valence-electron chi connectivity index (χ0n) is 18.8. The number of nitrogens with zero attached hydrogens (tertiary/aromatic N) is 1. The highest BCUT2D eigenvalue weighted by Gasteiger charge is 2.26. The molecule has 0 saturated carbocycles. The Bertz CT molecular complexity index is 1160. The molecule has 1 heterocycles. The van der Waals surface area contributed by atoms with Gasteiger partial charge in [-0.25, -0.2) is 4.79 Å². The minimum absolute atomic E-state index is 0.0999. The molecule has 1 amide bonds. The van der Waals surface area contributed by atoms with Gasteiger partial charge in [0.2, 0.25) is 0 Å². The predicted molar refractivity (Wildman–Crippen MR) is 127 cm³/mol. The number of esters is 1. The molecule has 1 fully saturated rings. The molecule has 1 unspecified atom stereocenters. The number of fused-ring (bicyclic) bond motifs is 1. The number of amides is 1. The standard InChI is InChI=1S/C27H27NO5/c1-28(25-11-6-16-32-25)26(29)22(17-19-12-14-21(15-13-19)27(30)31-2)18-33-24-10-5-8-20-7-3-4-9-23(20)24/h3-5,7-10,12-15,17,25H,6,11,16,18H2,1-2H3. The molecule has 0 aliphatic carbocycles. The summed E-state index contributed by atoms with van der Waals surface area (Å²) in [4.78, 5) is 26.7. The second-order valence-electron chi connectivity index (χ2n) is 7.93. The van der Waals surface area contributed by atoms with Gasteiger partial charge in [-0.05, 0) is 48.1 Å². The summed E-state index contributed by atoms with van der Waals surface area (Å²) in [6.07, 6.45) is 3.30. The Balaban J connectivity index is 1.61. The van der Waals surface area contributed by atoms with E-state index in [9.17, 15) is 9.59 Å². The van der Waals surface area contributed by atoms with Gasteiger partial charge in [0.1, 0.15) is 18.6 Å². The largest absolute Gasteiger partial charge is 0.488 e. The number of rotatable bonds is 7. The number of hydrogen-bond acceptors (Lipinski definition) is 5. The van der Waals surface area contributed by atoms with Crippen molar-refractivity contribution >= 4 is 28.7 Å². The predicted octanol–water partition coefficient (Wildman–Crippen LogP) is 4.68. The van der Waals surface area contributed by atoms with Gasteiger partial charge >= 0.3 is 5.97 Å². The lowest BCUT2D eigenvalue weighted by Gasteiger charge is -2.25. The molecule has 0 N–H and O–H groups in total. The number of ether oxygens (including phenoxy) is 3. The van der Waals surface area contributed by atoms with Crippen molar-refractivity contribution in [3.05, 3.63) is 83.4 Å². The van der Waals surface area contributed by atoms with Gasteiger partial charge in [-0.1, -0.05) is 48.5 Å². The summed E-state index contributed by atoms with van der Waals surface area (Å²) in [6, 6.07) is 20.8. The fourth-order valence-electron chi connectivity index (χ4n) is 3.90. The van der Waals surface area contributed by atoms with Gasteiger partial charge in [-0.2, -0.15) is 0 Å². The topological polar surface area (TPSA) is 65.1 Å². The normalized spacial score (nSPS) is 15.9. The molecule has 4 rings (SSSR count). The number of benzene rings is 3. The highest BCUT2D eigenvalue weighted by atomic mass is 16.5. The van der Waals surface area contributed by atoms with Gasteiger partial charge in [-0.15, -0.1) is 0 Å². The van der Waals surface area contributed by atoms with Crippen LogP contribution in [0.5, 0.6) is 5.75 Å². The van der Waals surface area contributed by atoms with Crippen LogP contribution in [0.2, 0.25) is 0 Å². The second-order valence-corrected chi connectivity index (χ2v) is 7.93. The number of carbonyl (C=O) groups excluding carboxylic acids is 2. The molecule has 1 atom stereocenters. The number of likely N-dealkylation sites (N-methyl/N-ethyl adjacent to an activating group) is 1. The van der Waals surface area contributed by atoms with E-state index in [1.54, 1.807) is 42.3 Å². The lowest BCUT2D eigenvalue weighted by Crippen LogP contribution is -2.38. The average Bonchev–Trinajstić information content (AvgIpc) is 3.40. The number of methoxy groups -OCH3 is 1. The van der Waals surface area contributed by atoms with E-state index in [0.29, 0.717) is 23.5 Å². The van der Waals surface area contributed by atoms with Crippen LogP contribution >= 0.6 is 0 Å². The minimum atomic E-state index is -0.403. The van der Waals surface area contributed by atoms with Crippen molar-refractivity contribution in [3.63, 3.8) is 0 Å². The molecule has 1 aliphatic heterocycles. The van der Waals surface area contributed by atoms with Crippen molar-refractivity contribution in [1.82, 2.24) is 4.90 Å². The fourth-order valence-corrected chi connectivity index (χ4v) is 3.90. The molecule has 1 aliphatic rings. The lowest BCUT2D eigenvalue weighted by molar-refractivity contribution is -0.135. The van der Waals surface area contributed by atoms with Crippen LogP contribution in [0, 0.1) is 0 Å². The van der Waals surface area contributed by atoms with E-state index in [1.807, 2.05) is 42.5 Å². The maximum atomic E-state index is 13.4. The van der Waals surface area contributed by atoms with Gasteiger partial charge in [-0.3, -0.25) is 4.79 Å². The molecule has 1 saturated heterocycles. The zero-order valence-corrected chi connectivity index (χ0v) is 18.8. The quantitative estimate of drug-likeness (QED) is 0.390. The van der Waals surface area contributed by atoms with E-state index >= 15 is 0 Å². The van der Waals surface area contributed by atoms with Gasteiger partial charge < -0.3 is 19.1 Å². The first-order valence-corrected chi connectivity index (χ1v) is 10.9. The van der Waals surface area contributed by atoms with Crippen molar-refractivity contribution < 1.29 is 23.8 Å². The molecule has 0 spiro atoms. The summed E-state index contributed by atoms with van der Waals surface area (Å²) >= 11 is 0. The molecular formula is C27H27NO5. The van der Waals surface area contributed by atoms with E-state index in [-0.39, 0.29) is 18.7 Å². The zero-order chi connectivity index (χ0) is 23.2. The van der Waals surface area contributed by atoms with Crippen LogP contribution in [0.25, 0.3) is 16.8 Å². The Morgan fingerprint density at radius 2 is 1.82 bits per heavy atom. The first-order chi connectivity index (χ1) is 16.1. The van der Waals surface area contributed by atoms with Gasteiger partial charge in [0, 0.05) is 19.0 Å². The van der Waals surface area contributed by atoms with Crippen LogP contribution < -0.4 is 4.74 Å². The monoisotopic (exact) mass is 445 g/mol. The Labute approximate surface area is 193 Å².